The van der Waals surface area contributed by atoms with E-state index in [2.05, 4.69) is 31.2 Å². The zero-order chi connectivity index (χ0) is 12.0. The number of carbonyl (C=O) groups excluding carboxylic acids is 1. The second-order valence-electron chi connectivity index (χ2n) is 5.66. The summed E-state index contributed by atoms with van der Waals surface area (Å²) in [6.07, 6.45) is 1.01. The van der Waals surface area contributed by atoms with Gasteiger partial charge in [0.05, 0.1) is 13.2 Å². The molecule has 3 rings (SSSR count). The SMILES string of the molecule is CC(=O)C1CC2(COC2)C1c1ccc(C)cc1. The largest absolute Gasteiger partial charge is 0.380 e. The topological polar surface area (TPSA) is 26.3 Å². The summed E-state index contributed by atoms with van der Waals surface area (Å²) in [5, 5.41) is 0. The number of benzene rings is 1. The molecule has 17 heavy (non-hydrogen) atoms. The van der Waals surface area contributed by atoms with Crippen LogP contribution in [0.3, 0.4) is 0 Å². The van der Waals surface area contributed by atoms with E-state index in [-0.39, 0.29) is 11.3 Å². The Morgan fingerprint density at radius 3 is 2.41 bits per heavy atom. The van der Waals surface area contributed by atoms with Gasteiger partial charge in [0, 0.05) is 17.3 Å². The molecule has 2 fully saturated rings. The average Bonchev–Trinajstić information content (AvgIpc) is 2.17. The van der Waals surface area contributed by atoms with Gasteiger partial charge in [0.2, 0.25) is 0 Å². The van der Waals surface area contributed by atoms with Crippen LogP contribution in [0.25, 0.3) is 0 Å². The Morgan fingerprint density at radius 1 is 1.29 bits per heavy atom. The fourth-order valence-electron chi connectivity index (χ4n) is 3.35. The number of carbonyl (C=O) groups is 1. The molecule has 0 radical (unpaired) electrons. The molecule has 1 saturated heterocycles. The second kappa shape index (κ2) is 3.67. The molecule has 2 nitrogen and oxygen atoms in total. The summed E-state index contributed by atoms with van der Waals surface area (Å²) >= 11 is 0. The molecular weight excluding hydrogens is 212 g/mol. The van der Waals surface area contributed by atoms with Crippen molar-refractivity contribution in [1.82, 2.24) is 0 Å². The fraction of sp³-hybridized carbons (Fsp3) is 0.533. The first kappa shape index (κ1) is 11.0. The van der Waals surface area contributed by atoms with Crippen LogP contribution < -0.4 is 0 Å². The van der Waals surface area contributed by atoms with Gasteiger partial charge in [-0.05, 0) is 25.8 Å². The zero-order valence-electron chi connectivity index (χ0n) is 10.4. The minimum Gasteiger partial charge on any atom is -0.380 e. The number of ketones is 1. The Kier molecular flexibility index (Phi) is 2.37. The number of aryl methyl sites for hydroxylation is 1. The van der Waals surface area contributed by atoms with E-state index in [1.54, 1.807) is 6.92 Å². The first-order valence-corrected chi connectivity index (χ1v) is 6.27. The Morgan fingerprint density at radius 2 is 1.94 bits per heavy atom. The standard InChI is InChI=1S/C15H18O2/c1-10-3-5-12(6-4-10)14-13(11(2)16)7-15(14)8-17-9-15/h3-6,13-14H,7-9H2,1-2H3. The number of hydrogen-bond acceptors (Lipinski definition) is 2. The van der Waals surface area contributed by atoms with E-state index in [0.717, 1.165) is 19.6 Å². The van der Waals surface area contributed by atoms with E-state index >= 15 is 0 Å². The maximum atomic E-state index is 11.7. The second-order valence-corrected chi connectivity index (χ2v) is 5.66. The van der Waals surface area contributed by atoms with Gasteiger partial charge in [-0.25, -0.2) is 0 Å². The van der Waals surface area contributed by atoms with Gasteiger partial charge in [-0.15, -0.1) is 0 Å². The van der Waals surface area contributed by atoms with Crippen molar-refractivity contribution in [2.75, 3.05) is 13.2 Å². The predicted octanol–water partition coefficient (Wildman–Crippen LogP) is 2.70. The third kappa shape index (κ3) is 1.54. The Balaban J connectivity index is 1.91. The van der Waals surface area contributed by atoms with Crippen LogP contribution in [0.1, 0.15) is 30.4 Å². The molecule has 0 N–H and O–H groups in total. The van der Waals surface area contributed by atoms with Crippen molar-refractivity contribution in [1.29, 1.82) is 0 Å². The highest BCUT2D eigenvalue weighted by Crippen LogP contribution is 2.60. The van der Waals surface area contributed by atoms with Crippen molar-refractivity contribution >= 4 is 5.78 Å². The van der Waals surface area contributed by atoms with E-state index in [1.165, 1.54) is 11.1 Å². The molecule has 2 atom stereocenters. The van der Waals surface area contributed by atoms with Crippen molar-refractivity contribution in [3.05, 3.63) is 35.4 Å². The molecule has 2 unspecified atom stereocenters. The normalized spacial score (nSPS) is 29.5. The lowest BCUT2D eigenvalue weighted by atomic mass is 9.49. The predicted molar refractivity (Wildman–Crippen MR) is 66.0 cm³/mol. The van der Waals surface area contributed by atoms with Gasteiger partial charge in [-0.2, -0.15) is 0 Å². The van der Waals surface area contributed by atoms with Crippen molar-refractivity contribution < 1.29 is 9.53 Å². The minimum atomic E-state index is 0.210. The lowest BCUT2D eigenvalue weighted by molar-refractivity contribution is -0.197. The molecule has 2 heteroatoms. The highest BCUT2D eigenvalue weighted by Gasteiger charge is 2.59. The summed E-state index contributed by atoms with van der Waals surface area (Å²) in [4.78, 5) is 11.7. The third-order valence-corrected chi connectivity index (χ3v) is 4.43. The van der Waals surface area contributed by atoms with Crippen LogP contribution in [-0.4, -0.2) is 19.0 Å². The van der Waals surface area contributed by atoms with Gasteiger partial charge in [-0.3, -0.25) is 4.79 Å². The quantitative estimate of drug-likeness (QED) is 0.781. The monoisotopic (exact) mass is 230 g/mol. The van der Waals surface area contributed by atoms with Gasteiger partial charge in [0.1, 0.15) is 5.78 Å². The van der Waals surface area contributed by atoms with E-state index < -0.39 is 0 Å². The van der Waals surface area contributed by atoms with Crippen LogP contribution in [0.15, 0.2) is 24.3 Å². The summed E-state index contributed by atoms with van der Waals surface area (Å²) < 4.78 is 5.37. The van der Waals surface area contributed by atoms with Crippen LogP contribution >= 0.6 is 0 Å². The minimum absolute atomic E-state index is 0.210. The molecule has 1 saturated carbocycles. The van der Waals surface area contributed by atoms with Crippen LogP contribution in [0, 0.1) is 18.3 Å². The van der Waals surface area contributed by atoms with Gasteiger partial charge < -0.3 is 4.74 Å². The molecule has 1 aromatic rings. The van der Waals surface area contributed by atoms with E-state index in [1.807, 2.05) is 0 Å². The Labute approximate surface area is 102 Å². The highest BCUT2D eigenvalue weighted by molar-refractivity contribution is 5.81. The maximum Gasteiger partial charge on any atom is 0.133 e. The first-order chi connectivity index (χ1) is 8.12. The van der Waals surface area contributed by atoms with Gasteiger partial charge in [0.15, 0.2) is 0 Å². The van der Waals surface area contributed by atoms with Crippen molar-refractivity contribution in [2.24, 2.45) is 11.3 Å². The van der Waals surface area contributed by atoms with Gasteiger partial charge >= 0.3 is 0 Å². The first-order valence-electron chi connectivity index (χ1n) is 6.27. The molecule has 1 aliphatic carbocycles. The summed E-state index contributed by atoms with van der Waals surface area (Å²) in [5.74, 6) is 0.920. The van der Waals surface area contributed by atoms with Crippen LogP contribution in [0.5, 0.6) is 0 Å². The smallest absolute Gasteiger partial charge is 0.133 e. The molecular formula is C15H18O2. The van der Waals surface area contributed by atoms with E-state index in [4.69, 9.17) is 4.74 Å². The van der Waals surface area contributed by atoms with Crippen LogP contribution in [-0.2, 0) is 9.53 Å². The molecule has 1 heterocycles. The lowest BCUT2D eigenvalue weighted by Gasteiger charge is -2.59. The lowest BCUT2D eigenvalue weighted by Crippen LogP contribution is -2.59. The zero-order valence-corrected chi connectivity index (χ0v) is 10.4. The molecule has 2 aliphatic rings. The summed E-state index contributed by atoms with van der Waals surface area (Å²) in [6, 6.07) is 8.63. The van der Waals surface area contributed by atoms with Crippen LogP contribution in [0.4, 0.5) is 0 Å². The van der Waals surface area contributed by atoms with Gasteiger partial charge in [0.25, 0.3) is 0 Å². The molecule has 0 amide bonds. The van der Waals surface area contributed by atoms with Crippen molar-refractivity contribution in [3.8, 4) is 0 Å². The molecule has 0 bridgehead atoms. The molecule has 0 aromatic heterocycles. The maximum absolute atomic E-state index is 11.7. The summed E-state index contributed by atoms with van der Waals surface area (Å²) in [7, 11) is 0. The van der Waals surface area contributed by atoms with Gasteiger partial charge in [-0.1, -0.05) is 29.8 Å². The highest BCUT2D eigenvalue weighted by atomic mass is 16.5. The number of hydrogen-bond donors (Lipinski definition) is 0. The van der Waals surface area contributed by atoms with Crippen molar-refractivity contribution in [3.63, 3.8) is 0 Å². The molecule has 90 valence electrons. The molecule has 1 aromatic carbocycles. The summed E-state index contributed by atoms with van der Waals surface area (Å²) in [5.41, 5.74) is 2.85. The van der Waals surface area contributed by atoms with Crippen molar-refractivity contribution in [2.45, 2.75) is 26.2 Å². The molecule has 1 spiro atoms. The number of Topliss-reactive ketones (excluding diaryl/α,β-unsaturated/α-hetero) is 1. The average molecular weight is 230 g/mol. The summed E-state index contributed by atoms with van der Waals surface area (Å²) in [6.45, 7) is 5.47. The third-order valence-electron chi connectivity index (χ3n) is 4.43. The van der Waals surface area contributed by atoms with E-state index in [0.29, 0.717) is 11.7 Å². The van der Waals surface area contributed by atoms with E-state index in [9.17, 15) is 4.79 Å². The Bertz CT molecular complexity index is 442. The number of ether oxygens (including phenoxy) is 1. The fourth-order valence-corrected chi connectivity index (χ4v) is 3.35. The molecule has 1 aliphatic heterocycles. The Hall–Kier alpha value is -1.15. The number of rotatable bonds is 2. The van der Waals surface area contributed by atoms with Crippen LogP contribution in [0.2, 0.25) is 0 Å².